The van der Waals surface area contributed by atoms with Crippen molar-refractivity contribution in [3.05, 3.63) is 71.0 Å². The summed E-state index contributed by atoms with van der Waals surface area (Å²) in [6.07, 6.45) is 1.78. The molecule has 168 valence electrons. The van der Waals surface area contributed by atoms with Crippen molar-refractivity contribution in [2.75, 3.05) is 50.1 Å². The van der Waals surface area contributed by atoms with Gasteiger partial charge in [-0.1, -0.05) is 12.1 Å². The molecule has 0 atom stereocenters. The monoisotopic (exact) mass is 444 g/mol. The number of amides is 1. The predicted molar refractivity (Wildman–Crippen MR) is 128 cm³/mol. The Labute approximate surface area is 190 Å². The lowest BCUT2D eigenvalue weighted by Gasteiger charge is -2.33. The number of anilines is 2. The molecule has 0 radical (unpaired) electrons. The van der Waals surface area contributed by atoms with E-state index in [0.717, 1.165) is 31.9 Å². The molecule has 1 fully saturated rings. The minimum atomic E-state index is -0.324. The third-order valence-electron chi connectivity index (χ3n) is 5.80. The molecule has 3 heterocycles. The van der Waals surface area contributed by atoms with Crippen molar-refractivity contribution in [3.8, 4) is 5.75 Å². The highest BCUT2D eigenvalue weighted by Gasteiger charge is 2.15. The first-order valence-corrected chi connectivity index (χ1v) is 10.8. The number of likely N-dealkylation sites (N-methyl/N-ethyl adjacent to an activating group) is 1. The van der Waals surface area contributed by atoms with Crippen LogP contribution >= 0.6 is 0 Å². The Hall–Kier alpha value is -3.91. The lowest BCUT2D eigenvalue weighted by Crippen LogP contribution is -2.44. The van der Waals surface area contributed by atoms with Gasteiger partial charge in [-0.3, -0.25) is 9.59 Å². The quantitative estimate of drug-likeness (QED) is 0.473. The first-order valence-electron chi connectivity index (χ1n) is 10.8. The highest BCUT2D eigenvalue weighted by atomic mass is 16.5. The fraction of sp³-hybridized carbons (Fsp3) is 0.240. The smallest absolute Gasteiger partial charge is 0.263 e. The van der Waals surface area contributed by atoms with Crippen LogP contribution in [0.1, 0.15) is 0 Å². The van der Waals surface area contributed by atoms with E-state index in [1.807, 2.05) is 12.1 Å². The highest BCUT2D eigenvalue weighted by Crippen LogP contribution is 2.23. The topological polar surface area (TPSA) is 87.9 Å². The van der Waals surface area contributed by atoms with E-state index in [0.29, 0.717) is 33.5 Å². The molecule has 1 aliphatic rings. The summed E-state index contributed by atoms with van der Waals surface area (Å²) >= 11 is 0. The summed E-state index contributed by atoms with van der Waals surface area (Å²) in [5, 5.41) is 3.74. The first-order chi connectivity index (χ1) is 16.1. The molecule has 1 N–H and O–H groups in total. The van der Waals surface area contributed by atoms with E-state index >= 15 is 0 Å². The van der Waals surface area contributed by atoms with E-state index in [4.69, 9.17) is 9.15 Å². The van der Waals surface area contributed by atoms with Crippen LogP contribution in [0.25, 0.3) is 21.9 Å². The Balaban J connectivity index is 1.22. The SMILES string of the molecule is CN1CCN(c2ccc(NC(=O)COc3ccc4c(=O)c5ccccc5oc4c3)nc2)CC1. The summed E-state index contributed by atoms with van der Waals surface area (Å²) in [6, 6.07) is 15.8. The van der Waals surface area contributed by atoms with Crippen LogP contribution in [0.4, 0.5) is 11.5 Å². The number of hydrogen-bond acceptors (Lipinski definition) is 7. The summed E-state index contributed by atoms with van der Waals surface area (Å²) < 4.78 is 11.5. The largest absolute Gasteiger partial charge is 0.484 e. The number of aromatic nitrogens is 1. The first kappa shape index (κ1) is 21.0. The van der Waals surface area contributed by atoms with Crippen molar-refractivity contribution in [1.82, 2.24) is 9.88 Å². The maximum absolute atomic E-state index is 12.6. The van der Waals surface area contributed by atoms with Crippen molar-refractivity contribution in [2.24, 2.45) is 0 Å². The molecule has 0 bridgehead atoms. The number of ether oxygens (including phenoxy) is 1. The molecule has 33 heavy (non-hydrogen) atoms. The van der Waals surface area contributed by atoms with Crippen LogP contribution in [0, 0.1) is 0 Å². The number of benzene rings is 2. The molecule has 2 aromatic carbocycles. The Morgan fingerprint density at radius 2 is 1.82 bits per heavy atom. The predicted octanol–water partition coefficient (Wildman–Crippen LogP) is 3.11. The van der Waals surface area contributed by atoms with Crippen LogP contribution in [0.5, 0.6) is 5.75 Å². The zero-order valence-corrected chi connectivity index (χ0v) is 18.3. The summed E-state index contributed by atoms with van der Waals surface area (Å²) in [5.41, 5.74) is 1.87. The number of pyridine rings is 1. The van der Waals surface area contributed by atoms with Crippen molar-refractivity contribution < 1.29 is 13.9 Å². The van der Waals surface area contributed by atoms with Crippen LogP contribution in [-0.2, 0) is 4.79 Å². The minimum absolute atomic E-state index is 0.0952. The number of fused-ring (bicyclic) bond motifs is 2. The number of rotatable bonds is 5. The molecule has 1 aliphatic heterocycles. The van der Waals surface area contributed by atoms with E-state index in [2.05, 4.69) is 27.1 Å². The van der Waals surface area contributed by atoms with Crippen molar-refractivity contribution >= 4 is 39.4 Å². The zero-order valence-electron chi connectivity index (χ0n) is 18.3. The van der Waals surface area contributed by atoms with Gasteiger partial charge in [-0.15, -0.1) is 0 Å². The lowest BCUT2D eigenvalue weighted by molar-refractivity contribution is -0.118. The second-order valence-electron chi connectivity index (χ2n) is 8.11. The van der Waals surface area contributed by atoms with Crippen molar-refractivity contribution in [3.63, 3.8) is 0 Å². The molecule has 4 aromatic rings. The molecule has 8 nitrogen and oxygen atoms in total. The van der Waals surface area contributed by atoms with Gasteiger partial charge in [-0.2, -0.15) is 0 Å². The van der Waals surface area contributed by atoms with Gasteiger partial charge in [0, 0.05) is 32.2 Å². The van der Waals surface area contributed by atoms with Crippen LogP contribution in [-0.4, -0.2) is 55.6 Å². The molecule has 1 saturated heterocycles. The molecular weight excluding hydrogens is 420 g/mol. The van der Waals surface area contributed by atoms with Gasteiger partial charge in [0.2, 0.25) is 5.43 Å². The normalized spacial score (nSPS) is 14.5. The van der Waals surface area contributed by atoms with Gasteiger partial charge in [0.25, 0.3) is 5.91 Å². The van der Waals surface area contributed by atoms with E-state index in [9.17, 15) is 9.59 Å². The molecule has 0 saturated carbocycles. The second kappa shape index (κ2) is 8.91. The average molecular weight is 444 g/mol. The summed E-state index contributed by atoms with van der Waals surface area (Å²) in [6.45, 7) is 3.76. The standard InChI is InChI=1S/C25H24N4O4/c1-28-10-12-29(13-11-28)17-6-9-23(26-15-17)27-24(30)16-32-18-7-8-20-22(14-18)33-21-5-3-2-4-19(21)25(20)31/h2-9,14-15H,10-13,16H2,1H3,(H,26,27,30). The fourth-order valence-corrected chi connectivity index (χ4v) is 3.91. The number of piperazine rings is 1. The van der Waals surface area contributed by atoms with Gasteiger partial charge < -0.3 is 24.3 Å². The van der Waals surface area contributed by atoms with Crippen LogP contribution < -0.4 is 20.4 Å². The number of hydrogen-bond donors (Lipinski definition) is 1. The van der Waals surface area contributed by atoms with Gasteiger partial charge in [-0.05, 0) is 43.4 Å². The van der Waals surface area contributed by atoms with Crippen molar-refractivity contribution in [2.45, 2.75) is 0 Å². The molecule has 1 amide bonds. The summed E-state index contributed by atoms with van der Waals surface area (Å²) in [5.74, 6) is 0.585. The third kappa shape index (κ3) is 4.51. The van der Waals surface area contributed by atoms with Gasteiger partial charge in [-0.25, -0.2) is 4.98 Å². The van der Waals surface area contributed by atoms with E-state index in [1.54, 1.807) is 48.7 Å². The average Bonchev–Trinajstić information content (AvgIpc) is 2.84. The molecule has 0 spiro atoms. The lowest BCUT2D eigenvalue weighted by atomic mass is 10.1. The summed E-state index contributed by atoms with van der Waals surface area (Å²) in [4.78, 5) is 33.9. The maximum atomic E-state index is 12.6. The summed E-state index contributed by atoms with van der Waals surface area (Å²) in [7, 11) is 2.12. The van der Waals surface area contributed by atoms with Gasteiger partial charge in [0.15, 0.2) is 6.61 Å². The van der Waals surface area contributed by atoms with Crippen LogP contribution in [0.3, 0.4) is 0 Å². The van der Waals surface area contributed by atoms with Gasteiger partial charge >= 0.3 is 0 Å². The fourth-order valence-electron chi connectivity index (χ4n) is 3.91. The van der Waals surface area contributed by atoms with E-state index < -0.39 is 0 Å². The Morgan fingerprint density at radius 1 is 1.03 bits per heavy atom. The Bertz CT molecular complexity index is 1360. The number of nitrogens with zero attached hydrogens (tertiary/aromatic N) is 3. The number of carbonyl (C=O) groups excluding carboxylic acids is 1. The molecule has 2 aromatic heterocycles. The van der Waals surface area contributed by atoms with Crippen LogP contribution in [0.2, 0.25) is 0 Å². The van der Waals surface area contributed by atoms with E-state index in [-0.39, 0.29) is 17.9 Å². The molecule has 5 rings (SSSR count). The Kier molecular flexibility index (Phi) is 5.66. The molecule has 0 aliphatic carbocycles. The zero-order chi connectivity index (χ0) is 22.8. The minimum Gasteiger partial charge on any atom is -0.484 e. The van der Waals surface area contributed by atoms with Crippen molar-refractivity contribution in [1.29, 1.82) is 0 Å². The van der Waals surface area contributed by atoms with Crippen LogP contribution in [0.15, 0.2) is 70.0 Å². The number of nitrogens with one attached hydrogen (secondary N) is 1. The highest BCUT2D eigenvalue weighted by molar-refractivity contribution is 5.92. The number of para-hydroxylation sites is 1. The van der Waals surface area contributed by atoms with E-state index in [1.165, 1.54) is 0 Å². The molecule has 0 unspecified atom stereocenters. The Morgan fingerprint density at radius 3 is 2.61 bits per heavy atom. The maximum Gasteiger partial charge on any atom is 0.263 e. The molecular formula is C25H24N4O4. The van der Waals surface area contributed by atoms with Gasteiger partial charge in [0.05, 0.1) is 22.7 Å². The molecule has 8 heteroatoms. The number of carbonyl (C=O) groups is 1. The second-order valence-corrected chi connectivity index (χ2v) is 8.11. The van der Waals surface area contributed by atoms with Gasteiger partial charge in [0.1, 0.15) is 22.7 Å². The third-order valence-corrected chi connectivity index (χ3v) is 5.80.